The van der Waals surface area contributed by atoms with E-state index >= 15 is 0 Å². The van der Waals surface area contributed by atoms with Gasteiger partial charge in [-0.25, -0.2) is 0 Å². The summed E-state index contributed by atoms with van der Waals surface area (Å²) in [5, 5.41) is 0.641. The van der Waals surface area contributed by atoms with Gasteiger partial charge >= 0.3 is 0 Å². The second-order valence-corrected chi connectivity index (χ2v) is 5.22. The van der Waals surface area contributed by atoms with Crippen molar-refractivity contribution in [2.75, 3.05) is 13.2 Å². The topological polar surface area (TPSA) is 44.2 Å². The first kappa shape index (κ1) is 13.3. The molecule has 1 fully saturated rings. The Morgan fingerprint density at radius 3 is 2.90 bits per heavy atom. The van der Waals surface area contributed by atoms with Crippen molar-refractivity contribution < 1.29 is 9.47 Å². The molecule has 1 aliphatic rings. The van der Waals surface area contributed by atoms with Crippen molar-refractivity contribution in [1.82, 2.24) is 9.97 Å². The van der Waals surface area contributed by atoms with Gasteiger partial charge in [0.1, 0.15) is 11.9 Å². The third-order valence-electron chi connectivity index (χ3n) is 3.18. The molecule has 104 valence electrons. The van der Waals surface area contributed by atoms with Crippen molar-refractivity contribution in [3.63, 3.8) is 0 Å². The van der Waals surface area contributed by atoms with Gasteiger partial charge in [-0.2, -0.15) is 0 Å². The van der Waals surface area contributed by atoms with Crippen molar-refractivity contribution >= 4 is 11.6 Å². The molecule has 4 nitrogen and oxygen atoms in total. The van der Waals surface area contributed by atoms with Crippen LogP contribution in [0.3, 0.4) is 0 Å². The number of nitrogens with zero attached hydrogens (tertiary/aromatic N) is 2. The fraction of sp³-hybridized carbons (Fsp3) is 0.333. The summed E-state index contributed by atoms with van der Waals surface area (Å²) < 4.78 is 11.3. The van der Waals surface area contributed by atoms with Gasteiger partial charge in [-0.15, -0.1) is 0 Å². The SMILES string of the molecule is Cc1cnc(-c2ccc(Cl)cc2OC2CCOC2)cn1. The van der Waals surface area contributed by atoms with Crippen molar-refractivity contribution in [2.24, 2.45) is 0 Å². The maximum atomic E-state index is 6.07. The van der Waals surface area contributed by atoms with E-state index in [0.717, 1.165) is 35.7 Å². The summed E-state index contributed by atoms with van der Waals surface area (Å²) in [4.78, 5) is 8.67. The summed E-state index contributed by atoms with van der Waals surface area (Å²) in [5.41, 5.74) is 2.56. The van der Waals surface area contributed by atoms with E-state index in [1.165, 1.54) is 0 Å². The van der Waals surface area contributed by atoms with E-state index < -0.39 is 0 Å². The van der Waals surface area contributed by atoms with Crippen LogP contribution < -0.4 is 4.74 Å². The first-order chi connectivity index (χ1) is 9.72. The van der Waals surface area contributed by atoms with Gasteiger partial charge in [0.05, 0.1) is 30.8 Å². The molecule has 0 amide bonds. The summed E-state index contributed by atoms with van der Waals surface area (Å²) in [5.74, 6) is 0.728. The first-order valence-electron chi connectivity index (χ1n) is 6.55. The number of benzene rings is 1. The summed E-state index contributed by atoms with van der Waals surface area (Å²) in [6.07, 6.45) is 4.46. The summed E-state index contributed by atoms with van der Waals surface area (Å²) in [7, 11) is 0. The average Bonchev–Trinajstić information content (AvgIpc) is 2.93. The fourth-order valence-electron chi connectivity index (χ4n) is 2.12. The average molecular weight is 291 g/mol. The van der Waals surface area contributed by atoms with Crippen LogP contribution in [0.25, 0.3) is 11.3 Å². The number of aromatic nitrogens is 2. The van der Waals surface area contributed by atoms with E-state index in [0.29, 0.717) is 11.6 Å². The minimum atomic E-state index is 0.0747. The zero-order chi connectivity index (χ0) is 13.9. The van der Waals surface area contributed by atoms with Crippen LogP contribution in [0, 0.1) is 6.92 Å². The Morgan fingerprint density at radius 1 is 1.30 bits per heavy atom. The molecule has 1 saturated heterocycles. The molecule has 1 aromatic heterocycles. The molecule has 1 unspecified atom stereocenters. The molecule has 5 heteroatoms. The normalized spacial score (nSPS) is 18.2. The molecule has 3 rings (SSSR count). The van der Waals surface area contributed by atoms with Crippen molar-refractivity contribution in [2.45, 2.75) is 19.4 Å². The van der Waals surface area contributed by atoms with Gasteiger partial charge in [-0.3, -0.25) is 9.97 Å². The summed E-state index contributed by atoms with van der Waals surface area (Å²) in [6.45, 7) is 3.27. The Hall–Kier alpha value is -1.65. The van der Waals surface area contributed by atoms with E-state index in [-0.39, 0.29) is 6.10 Å². The lowest BCUT2D eigenvalue weighted by atomic mass is 10.1. The monoisotopic (exact) mass is 290 g/mol. The van der Waals surface area contributed by atoms with Gasteiger partial charge in [-0.1, -0.05) is 11.6 Å². The molecule has 0 N–H and O–H groups in total. The fourth-order valence-corrected chi connectivity index (χ4v) is 2.28. The molecule has 1 atom stereocenters. The molecule has 2 heterocycles. The van der Waals surface area contributed by atoms with E-state index in [2.05, 4.69) is 9.97 Å². The molecule has 20 heavy (non-hydrogen) atoms. The van der Waals surface area contributed by atoms with Crippen molar-refractivity contribution in [1.29, 1.82) is 0 Å². The predicted octanol–water partition coefficient (Wildman–Crippen LogP) is 3.27. The molecule has 1 aliphatic heterocycles. The van der Waals surface area contributed by atoms with Crippen LogP contribution in [0.15, 0.2) is 30.6 Å². The minimum Gasteiger partial charge on any atom is -0.487 e. The lowest BCUT2D eigenvalue weighted by Gasteiger charge is -2.15. The Morgan fingerprint density at radius 2 is 2.20 bits per heavy atom. The van der Waals surface area contributed by atoms with E-state index in [1.807, 2.05) is 25.1 Å². The lowest BCUT2D eigenvalue weighted by Crippen LogP contribution is -2.16. The zero-order valence-corrected chi connectivity index (χ0v) is 11.9. The Bertz CT molecular complexity index is 595. The Balaban J connectivity index is 1.94. The van der Waals surface area contributed by atoms with Gasteiger partial charge in [0.25, 0.3) is 0 Å². The third-order valence-corrected chi connectivity index (χ3v) is 3.42. The van der Waals surface area contributed by atoms with Crippen LogP contribution in [-0.2, 0) is 4.74 Å². The minimum absolute atomic E-state index is 0.0747. The van der Waals surface area contributed by atoms with Crippen LogP contribution in [-0.4, -0.2) is 29.3 Å². The van der Waals surface area contributed by atoms with Gasteiger partial charge in [0, 0.05) is 23.2 Å². The van der Waals surface area contributed by atoms with E-state index in [9.17, 15) is 0 Å². The largest absolute Gasteiger partial charge is 0.487 e. The second-order valence-electron chi connectivity index (χ2n) is 4.79. The quantitative estimate of drug-likeness (QED) is 0.870. The highest BCUT2D eigenvalue weighted by atomic mass is 35.5. The van der Waals surface area contributed by atoms with Crippen molar-refractivity contribution in [3.05, 3.63) is 41.3 Å². The van der Waals surface area contributed by atoms with Crippen molar-refractivity contribution in [3.8, 4) is 17.0 Å². The lowest BCUT2D eigenvalue weighted by molar-refractivity contribution is 0.141. The number of halogens is 1. The molecule has 1 aromatic carbocycles. The number of ether oxygens (including phenoxy) is 2. The Kier molecular flexibility index (Phi) is 3.85. The summed E-state index contributed by atoms with van der Waals surface area (Å²) >= 11 is 6.07. The van der Waals surface area contributed by atoms with Gasteiger partial charge < -0.3 is 9.47 Å². The van der Waals surface area contributed by atoms with Crippen LogP contribution in [0.5, 0.6) is 5.75 Å². The number of aryl methyl sites for hydroxylation is 1. The molecule has 2 aromatic rings. The number of hydrogen-bond acceptors (Lipinski definition) is 4. The standard InChI is InChI=1S/C15H15ClN2O2/c1-10-7-18-14(8-17-10)13-3-2-11(16)6-15(13)20-12-4-5-19-9-12/h2-3,6-8,12H,4-5,9H2,1H3. The molecule has 0 radical (unpaired) electrons. The van der Waals surface area contributed by atoms with Crippen LogP contribution >= 0.6 is 11.6 Å². The zero-order valence-electron chi connectivity index (χ0n) is 11.2. The number of rotatable bonds is 3. The van der Waals surface area contributed by atoms with Gasteiger partial charge in [0.15, 0.2) is 0 Å². The molecule has 0 bridgehead atoms. The highest BCUT2D eigenvalue weighted by Crippen LogP contribution is 2.32. The van der Waals surface area contributed by atoms with E-state index in [1.54, 1.807) is 12.4 Å². The smallest absolute Gasteiger partial charge is 0.130 e. The second kappa shape index (κ2) is 5.77. The molecule has 0 aliphatic carbocycles. The maximum Gasteiger partial charge on any atom is 0.130 e. The van der Waals surface area contributed by atoms with Crippen LogP contribution in [0.1, 0.15) is 12.1 Å². The summed E-state index contributed by atoms with van der Waals surface area (Å²) in [6, 6.07) is 5.56. The van der Waals surface area contributed by atoms with Crippen LogP contribution in [0.2, 0.25) is 5.02 Å². The molecular weight excluding hydrogens is 276 g/mol. The number of hydrogen-bond donors (Lipinski definition) is 0. The van der Waals surface area contributed by atoms with Gasteiger partial charge in [-0.05, 0) is 25.1 Å². The van der Waals surface area contributed by atoms with Gasteiger partial charge in [0.2, 0.25) is 0 Å². The van der Waals surface area contributed by atoms with Crippen LogP contribution in [0.4, 0.5) is 0 Å². The first-order valence-corrected chi connectivity index (χ1v) is 6.93. The highest BCUT2D eigenvalue weighted by Gasteiger charge is 2.19. The maximum absolute atomic E-state index is 6.07. The molecule has 0 saturated carbocycles. The molecular formula is C15H15ClN2O2. The van der Waals surface area contributed by atoms with E-state index in [4.69, 9.17) is 21.1 Å². The predicted molar refractivity (Wildman–Crippen MR) is 77.1 cm³/mol. The third kappa shape index (κ3) is 2.92. The Labute approximate surface area is 122 Å². The highest BCUT2D eigenvalue weighted by molar-refractivity contribution is 6.30. The molecule has 0 spiro atoms.